The van der Waals surface area contributed by atoms with Crippen LogP contribution in [0.4, 0.5) is 10.5 Å². The Morgan fingerprint density at radius 3 is 2.71 bits per heavy atom. The predicted molar refractivity (Wildman–Crippen MR) is 85.7 cm³/mol. The van der Waals surface area contributed by atoms with Gasteiger partial charge in [-0.15, -0.1) is 0 Å². The molecular formula is C17H17ClN2O. The molecule has 0 bridgehead atoms. The van der Waals surface area contributed by atoms with E-state index in [2.05, 4.69) is 22.8 Å². The number of amides is 2. The van der Waals surface area contributed by atoms with Crippen molar-refractivity contribution < 1.29 is 4.79 Å². The van der Waals surface area contributed by atoms with E-state index in [-0.39, 0.29) is 12.1 Å². The molecule has 0 saturated heterocycles. The number of fused-ring (bicyclic) bond motifs is 1. The molecule has 0 fully saturated rings. The highest BCUT2D eigenvalue weighted by Crippen LogP contribution is 2.29. The molecule has 2 amide bonds. The maximum atomic E-state index is 12.2. The van der Waals surface area contributed by atoms with E-state index in [0.29, 0.717) is 10.7 Å². The lowest BCUT2D eigenvalue weighted by atomic mass is 9.88. The fourth-order valence-electron chi connectivity index (χ4n) is 2.78. The van der Waals surface area contributed by atoms with Gasteiger partial charge < -0.3 is 10.6 Å². The highest BCUT2D eigenvalue weighted by molar-refractivity contribution is 6.33. The molecule has 21 heavy (non-hydrogen) atoms. The maximum absolute atomic E-state index is 12.2. The van der Waals surface area contributed by atoms with E-state index in [0.717, 1.165) is 19.3 Å². The third kappa shape index (κ3) is 3.19. The molecule has 0 saturated carbocycles. The summed E-state index contributed by atoms with van der Waals surface area (Å²) in [4.78, 5) is 12.2. The second kappa shape index (κ2) is 6.19. The zero-order valence-corrected chi connectivity index (χ0v) is 12.4. The number of nitrogens with one attached hydrogen (secondary N) is 2. The number of carbonyl (C=O) groups is 1. The van der Waals surface area contributed by atoms with Crippen LogP contribution in [-0.4, -0.2) is 6.03 Å². The summed E-state index contributed by atoms with van der Waals surface area (Å²) in [6, 6.07) is 15.4. The van der Waals surface area contributed by atoms with Crippen molar-refractivity contribution in [3.8, 4) is 0 Å². The lowest BCUT2D eigenvalue weighted by molar-refractivity contribution is 0.247. The Bertz CT molecular complexity index is 657. The largest absolute Gasteiger partial charge is 0.331 e. The SMILES string of the molecule is O=C(Nc1ccccc1Cl)NC1CCCc2ccccc21. The molecule has 2 N–H and O–H groups in total. The van der Waals surface area contributed by atoms with Gasteiger partial charge in [0.15, 0.2) is 0 Å². The third-order valence-corrected chi connectivity index (χ3v) is 4.13. The van der Waals surface area contributed by atoms with Gasteiger partial charge in [-0.05, 0) is 42.5 Å². The number of hydrogen-bond donors (Lipinski definition) is 2. The Hall–Kier alpha value is -2.00. The number of anilines is 1. The molecule has 0 aliphatic heterocycles. The van der Waals surface area contributed by atoms with Crippen molar-refractivity contribution in [2.75, 3.05) is 5.32 Å². The van der Waals surface area contributed by atoms with Crippen molar-refractivity contribution in [1.82, 2.24) is 5.32 Å². The molecule has 3 rings (SSSR count). The number of carbonyl (C=O) groups excluding carboxylic acids is 1. The number of urea groups is 1. The van der Waals surface area contributed by atoms with E-state index in [1.165, 1.54) is 11.1 Å². The highest BCUT2D eigenvalue weighted by atomic mass is 35.5. The molecular weight excluding hydrogens is 284 g/mol. The summed E-state index contributed by atoms with van der Waals surface area (Å²) in [5.74, 6) is 0. The molecule has 3 nitrogen and oxygen atoms in total. The zero-order chi connectivity index (χ0) is 14.7. The standard InChI is InChI=1S/C17H17ClN2O/c18-14-9-3-4-10-16(14)20-17(21)19-15-11-5-7-12-6-1-2-8-13(12)15/h1-4,6,8-10,15H,5,7,11H2,(H2,19,20,21). The van der Waals surface area contributed by atoms with E-state index >= 15 is 0 Å². The van der Waals surface area contributed by atoms with Crippen LogP contribution in [0.2, 0.25) is 5.02 Å². The summed E-state index contributed by atoms with van der Waals surface area (Å²) < 4.78 is 0. The van der Waals surface area contributed by atoms with Crippen molar-refractivity contribution >= 4 is 23.3 Å². The number of benzene rings is 2. The Morgan fingerprint density at radius 1 is 1.10 bits per heavy atom. The van der Waals surface area contributed by atoms with Gasteiger partial charge in [-0.3, -0.25) is 0 Å². The van der Waals surface area contributed by atoms with Crippen molar-refractivity contribution in [2.24, 2.45) is 0 Å². The van der Waals surface area contributed by atoms with Crippen LogP contribution < -0.4 is 10.6 Å². The minimum Gasteiger partial charge on any atom is -0.331 e. The van der Waals surface area contributed by atoms with Gasteiger partial charge >= 0.3 is 6.03 Å². The second-order valence-electron chi connectivity index (χ2n) is 5.22. The van der Waals surface area contributed by atoms with Gasteiger partial charge in [-0.2, -0.15) is 0 Å². The Kier molecular flexibility index (Phi) is 4.11. The zero-order valence-electron chi connectivity index (χ0n) is 11.6. The Labute approximate surface area is 129 Å². The van der Waals surface area contributed by atoms with Gasteiger partial charge in [0.25, 0.3) is 0 Å². The van der Waals surface area contributed by atoms with Gasteiger partial charge in [-0.25, -0.2) is 4.79 Å². The molecule has 0 aromatic heterocycles. The van der Waals surface area contributed by atoms with Gasteiger partial charge in [-0.1, -0.05) is 48.0 Å². The van der Waals surface area contributed by atoms with Gasteiger partial charge in [0, 0.05) is 0 Å². The monoisotopic (exact) mass is 300 g/mol. The first-order chi connectivity index (χ1) is 10.2. The molecule has 0 radical (unpaired) electrons. The Balaban J connectivity index is 1.70. The fraction of sp³-hybridized carbons (Fsp3) is 0.235. The lowest BCUT2D eigenvalue weighted by Crippen LogP contribution is -2.34. The predicted octanol–water partition coefficient (Wildman–Crippen LogP) is 4.54. The van der Waals surface area contributed by atoms with Crippen LogP contribution in [0.25, 0.3) is 0 Å². The molecule has 1 unspecified atom stereocenters. The van der Waals surface area contributed by atoms with E-state index in [9.17, 15) is 4.79 Å². The number of para-hydroxylation sites is 1. The molecule has 2 aromatic carbocycles. The lowest BCUT2D eigenvalue weighted by Gasteiger charge is -2.26. The second-order valence-corrected chi connectivity index (χ2v) is 5.63. The average molecular weight is 301 g/mol. The first kappa shape index (κ1) is 14.0. The Morgan fingerprint density at radius 2 is 1.86 bits per heavy atom. The number of aryl methyl sites for hydroxylation is 1. The van der Waals surface area contributed by atoms with Crippen LogP contribution in [0.1, 0.15) is 30.0 Å². The first-order valence-electron chi connectivity index (χ1n) is 7.14. The van der Waals surface area contributed by atoms with Crippen LogP contribution in [0.5, 0.6) is 0 Å². The van der Waals surface area contributed by atoms with Crippen LogP contribution in [-0.2, 0) is 6.42 Å². The average Bonchev–Trinajstić information content (AvgIpc) is 2.50. The fourth-order valence-corrected chi connectivity index (χ4v) is 2.97. The van der Waals surface area contributed by atoms with Crippen LogP contribution >= 0.6 is 11.6 Å². The number of hydrogen-bond acceptors (Lipinski definition) is 1. The number of rotatable bonds is 2. The molecule has 0 spiro atoms. The molecule has 0 heterocycles. The normalized spacial score (nSPS) is 16.9. The summed E-state index contributed by atoms with van der Waals surface area (Å²) in [6.45, 7) is 0. The van der Waals surface area contributed by atoms with Crippen molar-refractivity contribution in [1.29, 1.82) is 0 Å². The van der Waals surface area contributed by atoms with Gasteiger partial charge in [0.2, 0.25) is 0 Å². The third-order valence-electron chi connectivity index (χ3n) is 3.80. The molecule has 108 valence electrons. The summed E-state index contributed by atoms with van der Waals surface area (Å²) in [6.07, 6.45) is 3.14. The summed E-state index contributed by atoms with van der Waals surface area (Å²) >= 11 is 6.05. The topological polar surface area (TPSA) is 41.1 Å². The highest BCUT2D eigenvalue weighted by Gasteiger charge is 2.21. The maximum Gasteiger partial charge on any atom is 0.319 e. The van der Waals surface area contributed by atoms with Crippen LogP contribution in [0.15, 0.2) is 48.5 Å². The quantitative estimate of drug-likeness (QED) is 0.840. The minimum absolute atomic E-state index is 0.0671. The van der Waals surface area contributed by atoms with E-state index < -0.39 is 0 Å². The molecule has 1 atom stereocenters. The molecule has 4 heteroatoms. The first-order valence-corrected chi connectivity index (χ1v) is 7.51. The van der Waals surface area contributed by atoms with Crippen molar-refractivity contribution in [2.45, 2.75) is 25.3 Å². The van der Waals surface area contributed by atoms with Crippen molar-refractivity contribution in [3.63, 3.8) is 0 Å². The number of halogens is 1. The molecule has 1 aliphatic rings. The minimum atomic E-state index is -0.218. The van der Waals surface area contributed by atoms with Gasteiger partial charge in [0.05, 0.1) is 16.8 Å². The summed E-state index contributed by atoms with van der Waals surface area (Å²) in [5.41, 5.74) is 3.17. The summed E-state index contributed by atoms with van der Waals surface area (Å²) in [5, 5.41) is 6.39. The van der Waals surface area contributed by atoms with E-state index in [1.54, 1.807) is 12.1 Å². The van der Waals surface area contributed by atoms with E-state index in [1.807, 2.05) is 24.3 Å². The van der Waals surface area contributed by atoms with Crippen LogP contribution in [0.3, 0.4) is 0 Å². The molecule has 1 aliphatic carbocycles. The van der Waals surface area contributed by atoms with Crippen molar-refractivity contribution in [3.05, 3.63) is 64.7 Å². The van der Waals surface area contributed by atoms with Gasteiger partial charge in [0.1, 0.15) is 0 Å². The van der Waals surface area contributed by atoms with E-state index in [4.69, 9.17) is 11.6 Å². The smallest absolute Gasteiger partial charge is 0.319 e. The molecule has 2 aromatic rings. The summed E-state index contributed by atoms with van der Waals surface area (Å²) in [7, 11) is 0. The van der Waals surface area contributed by atoms with Crippen LogP contribution in [0, 0.1) is 0 Å².